The average Bonchev–Trinajstić information content (AvgIpc) is 3.02. The molecule has 3 aliphatic rings. The molecule has 1 saturated carbocycles. The van der Waals surface area contributed by atoms with Gasteiger partial charge in [-0.2, -0.15) is 0 Å². The number of halogens is 1. The second-order valence-electron chi connectivity index (χ2n) is 7.35. The molecule has 2 spiro atoms. The maximum absolute atomic E-state index is 5.95. The predicted molar refractivity (Wildman–Crippen MR) is 93.3 cm³/mol. The Balaban J connectivity index is 1.83. The van der Waals surface area contributed by atoms with Crippen molar-refractivity contribution >= 4 is 22.0 Å². The maximum atomic E-state index is 5.95. The second kappa shape index (κ2) is 5.21. The van der Waals surface area contributed by atoms with E-state index in [1.165, 1.54) is 11.1 Å². The number of ether oxygens (including phenoxy) is 2. The average molecular weight is 379 g/mol. The van der Waals surface area contributed by atoms with E-state index in [0.717, 1.165) is 30.2 Å². The molecule has 4 atom stereocenters. The summed E-state index contributed by atoms with van der Waals surface area (Å²) in [6.07, 6.45) is 4.66. The van der Waals surface area contributed by atoms with Crippen molar-refractivity contribution in [2.45, 2.75) is 44.2 Å². The van der Waals surface area contributed by atoms with Gasteiger partial charge in [-0.1, -0.05) is 28.9 Å². The fourth-order valence-electron chi connectivity index (χ4n) is 5.16. The van der Waals surface area contributed by atoms with Gasteiger partial charge in [-0.05, 0) is 54.9 Å². The highest BCUT2D eigenvalue weighted by atomic mass is 79.9. The highest BCUT2D eigenvalue weighted by Crippen LogP contribution is 2.62. The summed E-state index contributed by atoms with van der Waals surface area (Å²) >= 11 is 3.61. The molecular formula is C18H23BrN2O2. The number of hydrogen-bond acceptors (Lipinski definition) is 4. The first-order valence-electron chi connectivity index (χ1n) is 8.29. The largest absolute Gasteiger partial charge is 0.462 e. The molecule has 1 aromatic carbocycles. The number of rotatable bonds is 1. The van der Waals surface area contributed by atoms with E-state index in [9.17, 15) is 0 Å². The molecule has 1 aromatic rings. The summed E-state index contributed by atoms with van der Waals surface area (Å²) in [7, 11) is 1.82. The Kier molecular flexibility index (Phi) is 3.50. The minimum absolute atomic E-state index is 0.0890. The minimum atomic E-state index is -0.330. The number of hydrogen-bond donors (Lipinski definition) is 1. The summed E-state index contributed by atoms with van der Waals surface area (Å²) in [5.41, 5.74) is 8.39. The molecule has 1 fully saturated rings. The van der Waals surface area contributed by atoms with Gasteiger partial charge in [0.05, 0.1) is 6.10 Å². The molecule has 124 valence electrons. The number of fused-ring (bicyclic) bond motifs is 3. The van der Waals surface area contributed by atoms with Gasteiger partial charge in [0.25, 0.3) is 6.02 Å². The molecule has 4 nitrogen and oxygen atoms in total. The van der Waals surface area contributed by atoms with Crippen molar-refractivity contribution in [3.63, 3.8) is 0 Å². The van der Waals surface area contributed by atoms with Crippen LogP contribution >= 0.6 is 15.9 Å². The number of nitrogens with zero attached hydrogens (tertiary/aromatic N) is 1. The van der Waals surface area contributed by atoms with E-state index in [-0.39, 0.29) is 11.0 Å². The summed E-state index contributed by atoms with van der Waals surface area (Å²) in [5, 5.41) is 0. The molecule has 0 radical (unpaired) electrons. The van der Waals surface area contributed by atoms with Gasteiger partial charge in [0.15, 0.2) is 0 Å². The lowest BCUT2D eigenvalue weighted by Crippen LogP contribution is -2.48. The molecule has 0 aromatic heterocycles. The van der Waals surface area contributed by atoms with Crippen LogP contribution in [0.25, 0.3) is 0 Å². The molecule has 23 heavy (non-hydrogen) atoms. The Hall–Kier alpha value is -1.07. The normalized spacial score (nSPS) is 38.7. The summed E-state index contributed by atoms with van der Waals surface area (Å²) < 4.78 is 12.4. The van der Waals surface area contributed by atoms with Crippen molar-refractivity contribution in [1.82, 2.24) is 0 Å². The van der Waals surface area contributed by atoms with Crippen LogP contribution in [0.3, 0.4) is 0 Å². The molecule has 1 unspecified atom stereocenters. The van der Waals surface area contributed by atoms with Gasteiger partial charge in [0.1, 0.15) is 12.1 Å². The van der Waals surface area contributed by atoms with Gasteiger partial charge in [0.2, 0.25) is 0 Å². The molecule has 1 heterocycles. The summed E-state index contributed by atoms with van der Waals surface area (Å²) in [4.78, 5) is 4.87. The van der Waals surface area contributed by atoms with E-state index in [2.05, 4.69) is 41.1 Å². The minimum Gasteiger partial charge on any atom is -0.462 e. The summed E-state index contributed by atoms with van der Waals surface area (Å²) in [6.45, 7) is 2.86. The summed E-state index contributed by atoms with van der Waals surface area (Å²) in [6, 6.07) is 6.90. The van der Waals surface area contributed by atoms with Crippen molar-refractivity contribution in [2.75, 3.05) is 13.7 Å². The molecule has 0 bridgehead atoms. The zero-order chi connectivity index (χ0) is 16.2. The monoisotopic (exact) mass is 378 g/mol. The van der Waals surface area contributed by atoms with Crippen molar-refractivity contribution < 1.29 is 9.47 Å². The zero-order valence-electron chi connectivity index (χ0n) is 13.6. The third kappa shape index (κ3) is 2.09. The molecule has 4 rings (SSSR count). The lowest BCUT2D eigenvalue weighted by Gasteiger charge is -2.47. The van der Waals surface area contributed by atoms with E-state index in [1.54, 1.807) is 0 Å². The fourth-order valence-corrected chi connectivity index (χ4v) is 5.53. The molecule has 0 amide bonds. The van der Waals surface area contributed by atoms with Crippen LogP contribution in [-0.4, -0.2) is 25.8 Å². The van der Waals surface area contributed by atoms with Crippen LogP contribution in [0.1, 0.15) is 37.3 Å². The van der Waals surface area contributed by atoms with Crippen LogP contribution in [0.5, 0.6) is 0 Å². The van der Waals surface area contributed by atoms with Crippen LogP contribution in [0.2, 0.25) is 0 Å². The lowest BCUT2D eigenvalue weighted by atomic mass is 9.59. The molecule has 1 aliphatic heterocycles. The topological polar surface area (TPSA) is 56.8 Å². The first-order chi connectivity index (χ1) is 11.0. The Bertz CT molecular complexity index is 677. The van der Waals surface area contributed by atoms with Gasteiger partial charge in [-0.3, -0.25) is 0 Å². The maximum Gasteiger partial charge on any atom is 0.283 e. The second-order valence-corrected chi connectivity index (χ2v) is 8.27. The Morgan fingerprint density at radius 3 is 2.91 bits per heavy atom. The van der Waals surface area contributed by atoms with Crippen LogP contribution in [0, 0.1) is 11.3 Å². The third-order valence-corrected chi connectivity index (χ3v) is 6.70. The standard InChI is InChI=1S/C18H23BrN2O2/c1-11-8-17(6-5-15(11)22-2)9-12-3-4-13(19)7-14(12)18(17)10-23-16(20)21-18/h3-4,7,11,15H,5-6,8-10H2,1-2H3,(H2,20,21)/t11-,15-,17-,18?/m0/s1. The van der Waals surface area contributed by atoms with Crippen LogP contribution in [0.4, 0.5) is 0 Å². The SMILES string of the molecule is CO[C@H]1CC[C@@]2(Cc3ccc(Br)cc3C23COC(N)=N3)C[C@@H]1C. The van der Waals surface area contributed by atoms with Gasteiger partial charge in [-0.25, -0.2) is 4.99 Å². The van der Waals surface area contributed by atoms with E-state index in [4.69, 9.17) is 20.2 Å². The number of methoxy groups -OCH3 is 1. The van der Waals surface area contributed by atoms with Gasteiger partial charge >= 0.3 is 0 Å². The lowest BCUT2D eigenvalue weighted by molar-refractivity contribution is -0.0445. The molecule has 2 aliphatic carbocycles. The van der Waals surface area contributed by atoms with E-state index in [0.29, 0.717) is 24.7 Å². The van der Waals surface area contributed by atoms with Gasteiger partial charge in [-0.15, -0.1) is 0 Å². The van der Waals surface area contributed by atoms with Crippen molar-refractivity contribution in [2.24, 2.45) is 22.1 Å². The number of amidine groups is 1. The number of aliphatic imine (C=N–C) groups is 1. The van der Waals surface area contributed by atoms with Crippen molar-refractivity contribution in [1.29, 1.82) is 0 Å². The van der Waals surface area contributed by atoms with Crippen LogP contribution in [-0.2, 0) is 21.4 Å². The van der Waals surface area contributed by atoms with E-state index >= 15 is 0 Å². The Morgan fingerprint density at radius 2 is 2.26 bits per heavy atom. The third-order valence-electron chi connectivity index (χ3n) is 6.21. The van der Waals surface area contributed by atoms with Crippen LogP contribution < -0.4 is 5.73 Å². The molecular weight excluding hydrogens is 356 g/mol. The van der Waals surface area contributed by atoms with Crippen molar-refractivity contribution in [3.8, 4) is 0 Å². The van der Waals surface area contributed by atoms with Crippen molar-refractivity contribution in [3.05, 3.63) is 33.8 Å². The molecule has 5 heteroatoms. The fraction of sp³-hybridized carbons (Fsp3) is 0.611. The van der Waals surface area contributed by atoms with E-state index in [1.807, 2.05) is 7.11 Å². The zero-order valence-corrected chi connectivity index (χ0v) is 15.2. The Morgan fingerprint density at radius 1 is 1.43 bits per heavy atom. The smallest absolute Gasteiger partial charge is 0.283 e. The molecule has 0 saturated heterocycles. The Labute approximate surface area is 145 Å². The highest BCUT2D eigenvalue weighted by Gasteiger charge is 2.62. The van der Waals surface area contributed by atoms with Crippen LogP contribution in [0.15, 0.2) is 27.7 Å². The first kappa shape index (κ1) is 15.5. The quantitative estimate of drug-likeness (QED) is 0.814. The summed E-state index contributed by atoms with van der Waals surface area (Å²) in [5.74, 6) is 0.514. The highest BCUT2D eigenvalue weighted by molar-refractivity contribution is 9.10. The number of nitrogens with two attached hydrogens (primary N) is 1. The van der Waals surface area contributed by atoms with E-state index < -0.39 is 0 Å². The number of benzene rings is 1. The predicted octanol–water partition coefficient (Wildman–Crippen LogP) is 3.37. The van der Waals surface area contributed by atoms with Gasteiger partial charge in [0, 0.05) is 17.0 Å². The first-order valence-corrected chi connectivity index (χ1v) is 9.09. The van der Waals surface area contributed by atoms with Gasteiger partial charge < -0.3 is 15.2 Å². The molecule has 2 N–H and O–H groups in total.